The fourth-order valence-electron chi connectivity index (χ4n) is 0.575. The second kappa shape index (κ2) is 5.35. The Morgan fingerprint density at radius 2 is 2.00 bits per heavy atom. The normalized spacial score (nSPS) is 13.2. The summed E-state index contributed by atoms with van der Waals surface area (Å²) < 4.78 is 5.75. The molecule has 0 aromatic rings. The van der Waals surface area contributed by atoms with Crippen LogP contribution in [0.5, 0.6) is 0 Å². The van der Waals surface area contributed by atoms with Crippen LogP contribution in [0.1, 0.15) is 6.42 Å². The van der Waals surface area contributed by atoms with Crippen molar-refractivity contribution in [2.45, 2.75) is 32.1 Å². The highest BCUT2D eigenvalue weighted by molar-refractivity contribution is 6.73. The van der Waals surface area contributed by atoms with Crippen LogP contribution in [0, 0.1) is 0 Å². The summed E-state index contributed by atoms with van der Waals surface area (Å²) in [5.74, 6) is 0.794. The molecule has 0 saturated carbocycles. The Kier molecular flexibility index (Phi) is 5.72. The smallest absolute Gasteiger partial charge is 0.169 e. The van der Waals surface area contributed by atoms with Gasteiger partial charge in [0.2, 0.25) is 0 Å². The van der Waals surface area contributed by atoms with Crippen molar-refractivity contribution in [3.8, 4) is 0 Å². The van der Waals surface area contributed by atoms with Crippen molar-refractivity contribution in [1.82, 2.24) is 0 Å². The van der Waals surface area contributed by atoms with Crippen LogP contribution in [-0.4, -0.2) is 24.0 Å². The lowest BCUT2D eigenvalue weighted by Crippen LogP contribution is -2.27. The van der Waals surface area contributed by atoms with Crippen molar-refractivity contribution in [3.63, 3.8) is 0 Å². The summed E-state index contributed by atoms with van der Waals surface area (Å²) >= 11 is 5.53. The van der Waals surface area contributed by atoms with E-state index in [4.69, 9.17) is 15.7 Å². The predicted octanol–water partition coefficient (Wildman–Crippen LogP) is 1.97. The van der Waals surface area contributed by atoms with Gasteiger partial charge in [-0.2, -0.15) is 0 Å². The highest BCUT2D eigenvalue weighted by atomic mass is 35.5. The van der Waals surface area contributed by atoms with Crippen molar-refractivity contribution >= 4 is 29.7 Å². The van der Waals surface area contributed by atoms with Gasteiger partial charge in [-0.05, 0) is 32.1 Å². The van der Waals surface area contributed by atoms with Crippen molar-refractivity contribution in [2.75, 3.05) is 5.88 Å². The number of alkyl halides is 1. The molecule has 0 amide bonds. The average molecular weight is 197 g/mol. The van der Waals surface area contributed by atoms with Crippen LogP contribution < -0.4 is 0 Å². The molecular weight excluding hydrogens is 180 g/mol. The average Bonchev–Trinajstić information content (AvgIpc) is 1.78. The SMILES string of the molecule is C[Si](C)(C)O[SiH2]CCCCl. The van der Waals surface area contributed by atoms with Gasteiger partial charge in [0.25, 0.3) is 0 Å². The first-order chi connectivity index (χ1) is 4.56. The summed E-state index contributed by atoms with van der Waals surface area (Å²) in [4.78, 5) is 0. The highest BCUT2D eigenvalue weighted by Crippen LogP contribution is 2.03. The molecule has 0 unspecified atom stereocenters. The Morgan fingerprint density at radius 3 is 2.40 bits per heavy atom. The quantitative estimate of drug-likeness (QED) is 0.371. The molecule has 1 nitrogen and oxygen atoms in total. The minimum Gasteiger partial charge on any atom is -0.461 e. The monoisotopic (exact) mass is 196 g/mol. The van der Waals surface area contributed by atoms with Gasteiger partial charge >= 0.3 is 0 Å². The summed E-state index contributed by atoms with van der Waals surface area (Å²) in [5, 5.41) is 0. The maximum absolute atomic E-state index is 5.75. The Labute approximate surface area is 72.2 Å². The van der Waals surface area contributed by atoms with E-state index in [2.05, 4.69) is 19.6 Å². The third-order valence-electron chi connectivity index (χ3n) is 1.06. The van der Waals surface area contributed by atoms with E-state index in [1.165, 1.54) is 6.04 Å². The molecule has 0 atom stereocenters. The van der Waals surface area contributed by atoms with E-state index in [9.17, 15) is 0 Å². The molecule has 0 heterocycles. The third-order valence-corrected chi connectivity index (χ3v) is 6.40. The van der Waals surface area contributed by atoms with Gasteiger partial charge in [0.1, 0.15) is 9.76 Å². The molecule has 0 aromatic heterocycles. The van der Waals surface area contributed by atoms with E-state index in [-0.39, 0.29) is 9.76 Å². The molecule has 0 aromatic carbocycles. The van der Waals surface area contributed by atoms with Crippen molar-refractivity contribution < 1.29 is 4.12 Å². The maximum Gasteiger partial charge on any atom is 0.169 e. The lowest BCUT2D eigenvalue weighted by Gasteiger charge is -2.16. The molecular formula is C6H17ClOSi2. The van der Waals surface area contributed by atoms with E-state index in [0.29, 0.717) is 0 Å². The number of halogens is 1. The van der Waals surface area contributed by atoms with Gasteiger partial charge in [-0.25, -0.2) is 0 Å². The fourth-order valence-corrected chi connectivity index (χ4v) is 4.56. The predicted molar refractivity (Wildman–Crippen MR) is 53.1 cm³/mol. The first kappa shape index (κ1) is 10.7. The van der Waals surface area contributed by atoms with Gasteiger partial charge in [-0.3, -0.25) is 0 Å². The molecule has 0 N–H and O–H groups in total. The van der Waals surface area contributed by atoms with Crippen LogP contribution in [0.15, 0.2) is 0 Å². The molecule has 0 rings (SSSR count). The molecule has 0 radical (unpaired) electrons. The van der Waals surface area contributed by atoms with Crippen LogP contribution in [0.25, 0.3) is 0 Å². The van der Waals surface area contributed by atoms with Crippen molar-refractivity contribution in [2.24, 2.45) is 0 Å². The Bertz CT molecular complexity index is 82.3. The Hall–Kier alpha value is 0.684. The second-order valence-electron chi connectivity index (χ2n) is 3.36. The minimum absolute atomic E-state index is 0.227. The molecule has 62 valence electrons. The van der Waals surface area contributed by atoms with E-state index in [0.717, 1.165) is 12.3 Å². The van der Waals surface area contributed by atoms with Gasteiger partial charge in [0, 0.05) is 5.88 Å². The largest absolute Gasteiger partial charge is 0.461 e. The van der Waals surface area contributed by atoms with Crippen LogP contribution in [-0.2, 0) is 4.12 Å². The molecule has 0 aliphatic rings. The maximum atomic E-state index is 5.75. The van der Waals surface area contributed by atoms with Gasteiger partial charge in [0.05, 0.1) is 0 Å². The fraction of sp³-hybridized carbons (Fsp3) is 1.00. The van der Waals surface area contributed by atoms with Crippen LogP contribution >= 0.6 is 11.6 Å². The molecule has 0 spiro atoms. The van der Waals surface area contributed by atoms with Crippen molar-refractivity contribution in [1.29, 1.82) is 0 Å². The zero-order valence-corrected chi connectivity index (χ0v) is 10.3. The highest BCUT2D eigenvalue weighted by Gasteiger charge is 2.12. The van der Waals surface area contributed by atoms with Crippen LogP contribution in [0.4, 0.5) is 0 Å². The topological polar surface area (TPSA) is 9.23 Å². The standard InChI is InChI=1S/C6H17ClOSi2/c1-10(2,3)8-9-6-4-5-7/h4-6,9H2,1-3H3. The summed E-state index contributed by atoms with van der Waals surface area (Å²) in [6.45, 7) is 6.71. The summed E-state index contributed by atoms with van der Waals surface area (Å²) in [7, 11) is -1.42. The lowest BCUT2D eigenvalue weighted by atomic mass is 10.6. The van der Waals surface area contributed by atoms with Gasteiger partial charge < -0.3 is 4.12 Å². The van der Waals surface area contributed by atoms with E-state index in [1.807, 2.05) is 0 Å². The zero-order chi connectivity index (χ0) is 8.04. The molecule has 0 saturated heterocycles. The molecule has 10 heavy (non-hydrogen) atoms. The number of hydrogen-bond acceptors (Lipinski definition) is 1. The molecule has 0 aliphatic heterocycles. The molecule has 0 fully saturated rings. The first-order valence-corrected chi connectivity index (χ1v) is 9.28. The minimum atomic E-state index is -1.19. The van der Waals surface area contributed by atoms with Crippen molar-refractivity contribution in [3.05, 3.63) is 0 Å². The van der Waals surface area contributed by atoms with Gasteiger partial charge in [0.15, 0.2) is 8.32 Å². The van der Waals surface area contributed by atoms with E-state index >= 15 is 0 Å². The van der Waals surface area contributed by atoms with Crippen LogP contribution in [0.3, 0.4) is 0 Å². The Balaban J connectivity index is 3.04. The summed E-state index contributed by atoms with van der Waals surface area (Å²) in [5.41, 5.74) is 0. The number of rotatable bonds is 5. The summed E-state index contributed by atoms with van der Waals surface area (Å²) in [6, 6.07) is 1.24. The first-order valence-electron chi connectivity index (χ1n) is 3.76. The van der Waals surface area contributed by atoms with E-state index < -0.39 is 8.32 Å². The third kappa shape index (κ3) is 8.68. The molecule has 4 heteroatoms. The zero-order valence-electron chi connectivity index (χ0n) is 7.11. The molecule has 0 bridgehead atoms. The summed E-state index contributed by atoms with van der Waals surface area (Å²) in [6.07, 6.45) is 1.14. The Morgan fingerprint density at radius 1 is 1.40 bits per heavy atom. The second-order valence-corrected chi connectivity index (χ2v) is 10.2. The lowest BCUT2D eigenvalue weighted by molar-refractivity contribution is 0.593. The van der Waals surface area contributed by atoms with Gasteiger partial charge in [-0.1, -0.05) is 0 Å². The van der Waals surface area contributed by atoms with Crippen LogP contribution in [0.2, 0.25) is 25.7 Å². The number of hydrogen-bond donors (Lipinski definition) is 0. The van der Waals surface area contributed by atoms with E-state index in [1.54, 1.807) is 0 Å². The van der Waals surface area contributed by atoms with Gasteiger partial charge in [-0.15, -0.1) is 11.6 Å². The molecule has 0 aliphatic carbocycles.